The van der Waals surface area contributed by atoms with Gasteiger partial charge in [-0.15, -0.1) is 0 Å². The molecule has 0 radical (unpaired) electrons. The topological polar surface area (TPSA) is 25.8 Å². The average molecular weight is 537 g/mol. The Morgan fingerprint density at radius 2 is 1.00 bits per heavy atom. The van der Waals surface area contributed by atoms with Crippen LogP contribution in [0.3, 0.4) is 0 Å². The fourth-order valence-corrected chi connectivity index (χ4v) is 5.92. The van der Waals surface area contributed by atoms with Gasteiger partial charge >= 0.3 is 0 Å². The van der Waals surface area contributed by atoms with Crippen LogP contribution >= 0.6 is 15.9 Å². The maximum atomic E-state index is 5.18. The quantitative estimate of drug-likeness (QED) is 0.210. The first-order valence-electron chi connectivity index (χ1n) is 12.3. The minimum absolute atomic E-state index is 0.720. The lowest BCUT2D eigenvalue weighted by atomic mass is 9.93. The molecule has 3 heteroatoms. The number of aromatic nitrogens is 2. The molecule has 6 aromatic carbocycles. The number of fused-ring (bicyclic) bond motifs is 3. The van der Waals surface area contributed by atoms with E-state index in [1.807, 2.05) is 18.2 Å². The molecule has 1 aromatic heterocycles. The van der Waals surface area contributed by atoms with Gasteiger partial charge in [-0.2, -0.15) is 0 Å². The molecular weight excluding hydrogens is 516 g/mol. The summed E-state index contributed by atoms with van der Waals surface area (Å²) in [5.41, 5.74) is 5.05. The van der Waals surface area contributed by atoms with Crippen LogP contribution in [0.15, 0.2) is 132 Å². The molecule has 2 nitrogen and oxygen atoms in total. The largest absolute Gasteiger partial charge is 0.228 e. The zero-order valence-corrected chi connectivity index (χ0v) is 21.5. The van der Waals surface area contributed by atoms with Crippen molar-refractivity contribution in [2.24, 2.45) is 0 Å². The molecule has 0 N–H and O–H groups in total. The Bertz CT molecular complexity index is 1880. The molecule has 0 aliphatic rings. The molecular formula is C34H21BrN2. The predicted octanol–water partition coefficient (Wildman–Crippen LogP) is 9.70. The van der Waals surface area contributed by atoms with Crippen LogP contribution in [-0.2, 0) is 0 Å². The van der Waals surface area contributed by atoms with Crippen LogP contribution in [0.1, 0.15) is 0 Å². The van der Waals surface area contributed by atoms with Crippen molar-refractivity contribution in [1.82, 2.24) is 9.97 Å². The Kier molecular flexibility index (Phi) is 5.30. The van der Waals surface area contributed by atoms with Gasteiger partial charge in [-0.3, -0.25) is 0 Å². The van der Waals surface area contributed by atoms with E-state index in [0.29, 0.717) is 0 Å². The van der Waals surface area contributed by atoms with E-state index in [4.69, 9.17) is 9.97 Å². The summed E-state index contributed by atoms with van der Waals surface area (Å²) in [4.78, 5) is 10.3. The van der Waals surface area contributed by atoms with E-state index >= 15 is 0 Å². The van der Waals surface area contributed by atoms with Gasteiger partial charge in [-0.1, -0.05) is 121 Å². The van der Waals surface area contributed by atoms with Crippen LogP contribution in [0.2, 0.25) is 0 Å². The molecule has 0 amide bonds. The molecule has 0 saturated carbocycles. The highest BCUT2D eigenvalue weighted by molar-refractivity contribution is 9.10. The van der Waals surface area contributed by atoms with Gasteiger partial charge in [0.05, 0.1) is 11.4 Å². The van der Waals surface area contributed by atoms with Gasteiger partial charge in [0.25, 0.3) is 0 Å². The summed E-state index contributed by atoms with van der Waals surface area (Å²) in [5.74, 6) is 0.720. The molecule has 7 rings (SSSR count). The first kappa shape index (κ1) is 21.9. The lowest BCUT2D eigenvalue weighted by molar-refractivity contribution is 1.19. The van der Waals surface area contributed by atoms with E-state index in [-0.39, 0.29) is 0 Å². The minimum atomic E-state index is 0.720. The lowest BCUT2D eigenvalue weighted by Gasteiger charge is -2.16. The van der Waals surface area contributed by atoms with Crippen molar-refractivity contribution in [1.29, 1.82) is 0 Å². The molecule has 0 aliphatic heterocycles. The number of rotatable bonds is 3. The van der Waals surface area contributed by atoms with Crippen LogP contribution in [0.25, 0.3) is 66.2 Å². The SMILES string of the molecule is Brc1c2ccccc2c(-c2cc(-c3cccc4ccccc34)nc(-c3ccccc3)n2)c2ccccc12. The number of nitrogens with zero attached hydrogens (tertiary/aromatic N) is 2. The molecule has 7 aromatic rings. The van der Waals surface area contributed by atoms with Gasteiger partial charge in [-0.25, -0.2) is 9.97 Å². The third-order valence-electron chi connectivity index (χ3n) is 6.95. The van der Waals surface area contributed by atoms with E-state index in [1.54, 1.807) is 0 Å². The summed E-state index contributed by atoms with van der Waals surface area (Å²) >= 11 is 3.89. The van der Waals surface area contributed by atoms with Crippen molar-refractivity contribution in [3.63, 3.8) is 0 Å². The molecule has 0 fully saturated rings. The zero-order chi connectivity index (χ0) is 24.8. The van der Waals surface area contributed by atoms with Crippen LogP contribution in [0, 0.1) is 0 Å². The summed E-state index contributed by atoms with van der Waals surface area (Å²) in [6.45, 7) is 0. The van der Waals surface area contributed by atoms with E-state index < -0.39 is 0 Å². The van der Waals surface area contributed by atoms with Crippen LogP contribution in [0.4, 0.5) is 0 Å². The summed E-state index contributed by atoms with van der Waals surface area (Å²) in [5, 5.41) is 7.04. The predicted molar refractivity (Wildman–Crippen MR) is 159 cm³/mol. The summed E-state index contributed by atoms with van der Waals surface area (Å²) in [6.07, 6.45) is 0. The van der Waals surface area contributed by atoms with E-state index in [1.165, 1.54) is 21.5 Å². The Labute approximate surface area is 223 Å². The molecule has 174 valence electrons. The highest BCUT2D eigenvalue weighted by atomic mass is 79.9. The van der Waals surface area contributed by atoms with Gasteiger partial charge in [0.15, 0.2) is 5.82 Å². The summed E-state index contributed by atoms with van der Waals surface area (Å²) in [7, 11) is 0. The number of hydrogen-bond donors (Lipinski definition) is 0. The van der Waals surface area contributed by atoms with Crippen LogP contribution in [0.5, 0.6) is 0 Å². The fraction of sp³-hybridized carbons (Fsp3) is 0. The summed E-state index contributed by atoms with van der Waals surface area (Å²) < 4.78 is 1.11. The van der Waals surface area contributed by atoms with Crippen LogP contribution in [-0.4, -0.2) is 9.97 Å². The monoisotopic (exact) mass is 536 g/mol. The van der Waals surface area contributed by atoms with Crippen molar-refractivity contribution >= 4 is 48.2 Å². The van der Waals surface area contributed by atoms with E-state index in [0.717, 1.165) is 49.1 Å². The molecule has 0 saturated heterocycles. The molecule has 37 heavy (non-hydrogen) atoms. The molecule has 1 heterocycles. The first-order valence-corrected chi connectivity index (χ1v) is 13.1. The Morgan fingerprint density at radius 1 is 0.459 bits per heavy atom. The normalized spacial score (nSPS) is 11.4. The van der Waals surface area contributed by atoms with Gasteiger partial charge in [0, 0.05) is 21.2 Å². The Hall–Kier alpha value is -4.34. The molecule has 0 aliphatic carbocycles. The third-order valence-corrected chi connectivity index (χ3v) is 7.80. The van der Waals surface area contributed by atoms with Gasteiger partial charge in [0.1, 0.15) is 0 Å². The number of benzene rings is 6. The van der Waals surface area contributed by atoms with Crippen molar-refractivity contribution < 1.29 is 0 Å². The van der Waals surface area contributed by atoms with Crippen molar-refractivity contribution in [3.8, 4) is 33.9 Å². The first-order chi connectivity index (χ1) is 18.3. The zero-order valence-electron chi connectivity index (χ0n) is 19.9. The van der Waals surface area contributed by atoms with E-state index in [2.05, 4.69) is 125 Å². The highest BCUT2D eigenvalue weighted by Gasteiger charge is 2.18. The molecule has 0 unspecified atom stereocenters. The average Bonchev–Trinajstić information content (AvgIpc) is 2.97. The number of hydrogen-bond acceptors (Lipinski definition) is 2. The second-order valence-electron chi connectivity index (χ2n) is 9.13. The van der Waals surface area contributed by atoms with Gasteiger partial charge < -0.3 is 0 Å². The standard InChI is InChI=1S/C34H21BrN2/c35-33-28-18-8-6-16-26(28)32(27-17-7-9-19-29(27)33)31-21-30(36-34(37-31)23-12-2-1-3-13-23)25-20-10-14-22-11-4-5-15-24(22)25/h1-21H. The second-order valence-corrected chi connectivity index (χ2v) is 9.93. The third kappa shape index (κ3) is 3.71. The maximum absolute atomic E-state index is 5.18. The van der Waals surface area contributed by atoms with Crippen molar-refractivity contribution in [2.45, 2.75) is 0 Å². The Balaban J connectivity index is 1.61. The van der Waals surface area contributed by atoms with Crippen LogP contribution < -0.4 is 0 Å². The molecule has 0 atom stereocenters. The van der Waals surface area contributed by atoms with Crippen molar-refractivity contribution in [2.75, 3.05) is 0 Å². The van der Waals surface area contributed by atoms with Crippen molar-refractivity contribution in [3.05, 3.63) is 132 Å². The molecule has 0 bridgehead atoms. The smallest absolute Gasteiger partial charge is 0.160 e. The highest BCUT2D eigenvalue weighted by Crippen LogP contribution is 2.42. The van der Waals surface area contributed by atoms with Gasteiger partial charge in [-0.05, 0) is 54.3 Å². The molecule has 0 spiro atoms. The van der Waals surface area contributed by atoms with Gasteiger partial charge in [0.2, 0.25) is 0 Å². The fourth-order valence-electron chi connectivity index (χ4n) is 5.23. The Morgan fingerprint density at radius 3 is 1.70 bits per heavy atom. The maximum Gasteiger partial charge on any atom is 0.160 e. The second kappa shape index (κ2) is 8.95. The number of halogens is 1. The van der Waals surface area contributed by atoms with E-state index in [9.17, 15) is 0 Å². The lowest BCUT2D eigenvalue weighted by Crippen LogP contribution is -1.97. The minimum Gasteiger partial charge on any atom is -0.228 e. The summed E-state index contributed by atoms with van der Waals surface area (Å²) in [6, 6.07) is 44.3.